The first-order valence-corrected chi connectivity index (χ1v) is 9.26. The maximum Gasteiger partial charge on any atom is 0.346 e. The Morgan fingerprint density at radius 1 is 1.17 bits per heavy atom. The van der Waals surface area contributed by atoms with Gasteiger partial charge in [-0.3, -0.25) is 9.88 Å². The zero-order valence-electron chi connectivity index (χ0n) is 13.6. The van der Waals surface area contributed by atoms with Crippen molar-refractivity contribution in [1.29, 1.82) is 0 Å². The van der Waals surface area contributed by atoms with E-state index in [1.165, 1.54) is 0 Å². The Labute approximate surface area is 142 Å². The van der Waals surface area contributed by atoms with Crippen LogP contribution in [0.2, 0.25) is 0 Å². The van der Waals surface area contributed by atoms with Crippen LogP contribution in [0, 0.1) is 6.92 Å². The molecule has 0 amide bonds. The van der Waals surface area contributed by atoms with Crippen molar-refractivity contribution >= 4 is 7.60 Å². The van der Waals surface area contributed by atoms with Crippen LogP contribution in [-0.2, 0) is 11.1 Å². The SMILES string of the molecule is C=CCOc1ccc(C(NCc2ccc(C)cc2)P(=O)(O)O)cc1. The van der Waals surface area contributed by atoms with Gasteiger partial charge in [0.05, 0.1) is 0 Å². The highest BCUT2D eigenvalue weighted by molar-refractivity contribution is 7.52. The molecule has 0 spiro atoms. The minimum Gasteiger partial charge on any atom is -0.490 e. The third-order valence-electron chi connectivity index (χ3n) is 3.52. The number of hydrogen-bond donors (Lipinski definition) is 3. The van der Waals surface area contributed by atoms with Gasteiger partial charge in [0.1, 0.15) is 18.1 Å². The summed E-state index contributed by atoms with van der Waals surface area (Å²) in [5.41, 5.74) is 2.62. The van der Waals surface area contributed by atoms with Crippen LogP contribution in [0.15, 0.2) is 61.2 Å². The zero-order valence-corrected chi connectivity index (χ0v) is 14.4. The molecule has 0 fully saturated rings. The van der Waals surface area contributed by atoms with Crippen LogP contribution in [0.1, 0.15) is 22.5 Å². The molecule has 0 heterocycles. The molecule has 0 saturated heterocycles. The van der Waals surface area contributed by atoms with Crippen LogP contribution in [0.4, 0.5) is 0 Å². The Morgan fingerprint density at radius 3 is 2.33 bits per heavy atom. The fourth-order valence-corrected chi connectivity index (χ4v) is 3.14. The van der Waals surface area contributed by atoms with Gasteiger partial charge in [-0.2, -0.15) is 0 Å². The molecule has 6 heteroatoms. The molecular formula is C18H22NO4P. The first-order valence-electron chi connectivity index (χ1n) is 7.58. The summed E-state index contributed by atoms with van der Waals surface area (Å²) in [6, 6.07) is 14.5. The first kappa shape index (κ1) is 18.4. The van der Waals surface area contributed by atoms with E-state index < -0.39 is 13.4 Å². The molecule has 128 valence electrons. The molecule has 0 saturated carbocycles. The number of rotatable bonds is 8. The van der Waals surface area contributed by atoms with Gasteiger partial charge >= 0.3 is 7.60 Å². The van der Waals surface area contributed by atoms with Gasteiger partial charge in [-0.25, -0.2) is 0 Å². The molecule has 0 aromatic heterocycles. The molecular weight excluding hydrogens is 325 g/mol. The highest BCUT2D eigenvalue weighted by Gasteiger charge is 2.29. The van der Waals surface area contributed by atoms with Crippen molar-refractivity contribution < 1.29 is 19.1 Å². The lowest BCUT2D eigenvalue weighted by molar-refractivity contribution is 0.346. The summed E-state index contributed by atoms with van der Waals surface area (Å²) in [5.74, 6) is -0.436. The summed E-state index contributed by atoms with van der Waals surface area (Å²) in [4.78, 5) is 19.3. The van der Waals surface area contributed by atoms with Crippen molar-refractivity contribution in [3.8, 4) is 5.75 Å². The van der Waals surface area contributed by atoms with E-state index in [0.29, 0.717) is 24.5 Å². The lowest BCUT2D eigenvalue weighted by atomic mass is 10.1. The zero-order chi connectivity index (χ0) is 17.6. The van der Waals surface area contributed by atoms with Gasteiger partial charge in [0.15, 0.2) is 0 Å². The summed E-state index contributed by atoms with van der Waals surface area (Å²) < 4.78 is 17.2. The second-order valence-electron chi connectivity index (χ2n) is 5.53. The van der Waals surface area contributed by atoms with Crippen LogP contribution in [-0.4, -0.2) is 16.4 Å². The largest absolute Gasteiger partial charge is 0.490 e. The number of ether oxygens (including phenoxy) is 1. The summed E-state index contributed by atoms with van der Waals surface area (Å²) in [7, 11) is -4.35. The molecule has 0 radical (unpaired) electrons. The Balaban J connectivity index is 2.11. The monoisotopic (exact) mass is 347 g/mol. The Morgan fingerprint density at radius 2 is 1.79 bits per heavy atom. The quantitative estimate of drug-likeness (QED) is 0.503. The van der Waals surface area contributed by atoms with Gasteiger partial charge in [0.25, 0.3) is 0 Å². The van der Waals surface area contributed by atoms with Crippen LogP contribution in [0.5, 0.6) is 5.75 Å². The third kappa shape index (κ3) is 5.32. The van der Waals surface area contributed by atoms with Gasteiger partial charge in [0, 0.05) is 6.54 Å². The fraction of sp³-hybridized carbons (Fsp3) is 0.222. The molecule has 1 unspecified atom stereocenters. The lowest BCUT2D eigenvalue weighted by Gasteiger charge is -2.21. The standard InChI is InChI=1S/C18H22NO4P/c1-3-12-23-17-10-8-16(9-11-17)18(24(20,21)22)19-13-15-6-4-14(2)5-7-15/h3-11,18-19H,1,12-13H2,2H3,(H2,20,21,22). The van der Waals surface area contributed by atoms with Crippen LogP contribution in [0.3, 0.4) is 0 Å². The smallest absolute Gasteiger partial charge is 0.346 e. The van der Waals surface area contributed by atoms with Crippen molar-refractivity contribution in [2.24, 2.45) is 0 Å². The van der Waals surface area contributed by atoms with Gasteiger partial charge in [-0.05, 0) is 30.2 Å². The topological polar surface area (TPSA) is 78.8 Å². The Hall–Kier alpha value is -1.91. The summed E-state index contributed by atoms with van der Waals surface area (Å²) in [6.07, 6.45) is 1.63. The van der Waals surface area contributed by atoms with E-state index in [0.717, 1.165) is 11.1 Å². The number of benzene rings is 2. The number of aryl methyl sites for hydroxylation is 1. The van der Waals surface area contributed by atoms with Crippen molar-refractivity contribution in [2.45, 2.75) is 19.3 Å². The number of nitrogens with one attached hydrogen (secondary N) is 1. The molecule has 2 aromatic carbocycles. The third-order valence-corrected chi connectivity index (χ3v) is 4.67. The predicted octanol–water partition coefficient (Wildman–Crippen LogP) is 3.53. The second kappa shape index (κ2) is 8.27. The fourth-order valence-electron chi connectivity index (χ4n) is 2.25. The molecule has 0 aliphatic carbocycles. The van der Waals surface area contributed by atoms with E-state index >= 15 is 0 Å². The lowest BCUT2D eigenvalue weighted by Crippen LogP contribution is -2.21. The molecule has 3 N–H and O–H groups in total. The predicted molar refractivity (Wildman–Crippen MR) is 94.9 cm³/mol. The average molecular weight is 347 g/mol. The minimum absolute atomic E-state index is 0.366. The van der Waals surface area contributed by atoms with Gasteiger partial charge in [0.2, 0.25) is 0 Å². The van der Waals surface area contributed by atoms with Crippen LogP contribution < -0.4 is 10.1 Å². The van der Waals surface area contributed by atoms with Crippen molar-refractivity contribution in [1.82, 2.24) is 5.32 Å². The highest BCUT2D eigenvalue weighted by atomic mass is 31.2. The van der Waals surface area contributed by atoms with E-state index in [1.54, 1.807) is 30.3 Å². The maximum atomic E-state index is 11.9. The van der Waals surface area contributed by atoms with Crippen molar-refractivity contribution in [2.75, 3.05) is 6.61 Å². The van der Waals surface area contributed by atoms with E-state index in [9.17, 15) is 14.4 Å². The normalized spacial score (nSPS) is 12.6. The molecule has 2 aromatic rings. The summed E-state index contributed by atoms with van der Waals surface area (Å²) in [5, 5.41) is 2.95. The van der Waals surface area contributed by atoms with E-state index in [-0.39, 0.29) is 0 Å². The summed E-state index contributed by atoms with van der Waals surface area (Å²) in [6.45, 7) is 6.31. The van der Waals surface area contributed by atoms with E-state index in [4.69, 9.17) is 4.74 Å². The average Bonchev–Trinajstić information content (AvgIpc) is 2.55. The van der Waals surface area contributed by atoms with Crippen molar-refractivity contribution in [3.63, 3.8) is 0 Å². The van der Waals surface area contributed by atoms with Gasteiger partial charge in [-0.15, -0.1) is 0 Å². The summed E-state index contributed by atoms with van der Waals surface area (Å²) >= 11 is 0. The molecule has 5 nitrogen and oxygen atoms in total. The second-order valence-corrected chi connectivity index (χ2v) is 7.22. The highest BCUT2D eigenvalue weighted by Crippen LogP contribution is 2.50. The van der Waals surface area contributed by atoms with Gasteiger partial charge in [-0.1, -0.05) is 54.6 Å². The molecule has 0 aliphatic heterocycles. The molecule has 0 aliphatic rings. The Bertz CT molecular complexity index is 707. The van der Waals surface area contributed by atoms with E-state index in [2.05, 4.69) is 11.9 Å². The van der Waals surface area contributed by atoms with E-state index in [1.807, 2.05) is 31.2 Å². The number of hydrogen-bond acceptors (Lipinski definition) is 3. The van der Waals surface area contributed by atoms with Gasteiger partial charge < -0.3 is 14.5 Å². The maximum absolute atomic E-state index is 11.9. The molecule has 2 rings (SSSR count). The van der Waals surface area contributed by atoms with Crippen molar-refractivity contribution in [3.05, 3.63) is 77.9 Å². The van der Waals surface area contributed by atoms with Crippen LogP contribution in [0.25, 0.3) is 0 Å². The molecule has 1 atom stereocenters. The Kier molecular flexibility index (Phi) is 6.35. The molecule has 24 heavy (non-hydrogen) atoms. The molecule has 0 bridgehead atoms. The minimum atomic E-state index is -4.35. The van der Waals surface area contributed by atoms with Crippen LogP contribution >= 0.6 is 7.60 Å². The first-order chi connectivity index (χ1) is 11.4.